The van der Waals surface area contributed by atoms with Crippen molar-refractivity contribution in [2.45, 2.75) is 31.4 Å². The summed E-state index contributed by atoms with van der Waals surface area (Å²) >= 11 is 0. The second-order valence-electron chi connectivity index (χ2n) is 8.02. The van der Waals surface area contributed by atoms with E-state index in [0.717, 1.165) is 23.4 Å². The highest BCUT2D eigenvalue weighted by Crippen LogP contribution is 2.16. The first kappa shape index (κ1) is 25.9. The number of hydrogen-bond donors (Lipinski definition) is 3. The fraction of sp³-hybridized carbons (Fsp3) is 0.200. The normalized spacial score (nSPS) is 12.1. The lowest BCUT2D eigenvalue weighted by Crippen LogP contribution is -2.54. The molecule has 0 aromatic heterocycles. The highest BCUT2D eigenvalue weighted by Gasteiger charge is 2.30. The number of benzene rings is 3. The van der Waals surface area contributed by atoms with Crippen LogP contribution in [0.25, 0.3) is 0 Å². The molecule has 0 radical (unpaired) electrons. The molecule has 35 heavy (non-hydrogen) atoms. The minimum atomic E-state index is -4.31. The van der Waals surface area contributed by atoms with Gasteiger partial charge in [0.05, 0.1) is 0 Å². The number of carbonyl (C=O) groups excluding carboxylic acids is 2. The molecule has 1 atom stereocenters. The van der Waals surface area contributed by atoms with Crippen LogP contribution in [0.3, 0.4) is 0 Å². The number of hydrazine groups is 1. The van der Waals surface area contributed by atoms with Gasteiger partial charge in [-0.25, -0.2) is 12.8 Å². The SMILES string of the molecule is CC(C)[C@H](NS(=O)(=O)c1ccccc1F)C(=O)NNC(=O)c1ccc(COc2ccccc2)cc1. The minimum absolute atomic E-state index is 0.279. The fourth-order valence-corrected chi connectivity index (χ4v) is 4.51. The van der Waals surface area contributed by atoms with E-state index in [1.807, 2.05) is 30.3 Å². The van der Waals surface area contributed by atoms with Gasteiger partial charge in [-0.05, 0) is 47.9 Å². The van der Waals surface area contributed by atoms with Crippen LogP contribution in [0.4, 0.5) is 4.39 Å². The molecule has 3 aromatic rings. The van der Waals surface area contributed by atoms with Crippen molar-refractivity contribution in [3.63, 3.8) is 0 Å². The molecule has 184 valence electrons. The number of sulfonamides is 1. The molecule has 0 aliphatic rings. The summed E-state index contributed by atoms with van der Waals surface area (Å²) in [5.74, 6) is -2.08. The number of nitrogens with one attached hydrogen (secondary N) is 3. The second-order valence-corrected chi connectivity index (χ2v) is 9.70. The lowest BCUT2D eigenvalue weighted by Gasteiger charge is -2.22. The average Bonchev–Trinajstić information content (AvgIpc) is 2.85. The van der Waals surface area contributed by atoms with Crippen molar-refractivity contribution in [3.05, 3.63) is 95.8 Å². The number of para-hydroxylation sites is 1. The Morgan fingerprint density at radius 3 is 2.14 bits per heavy atom. The maximum absolute atomic E-state index is 14.0. The topological polar surface area (TPSA) is 114 Å². The Morgan fingerprint density at radius 1 is 0.886 bits per heavy atom. The Balaban J connectivity index is 1.57. The van der Waals surface area contributed by atoms with Crippen LogP contribution in [-0.2, 0) is 21.4 Å². The zero-order valence-electron chi connectivity index (χ0n) is 19.2. The Morgan fingerprint density at radius 2 is 1.51 bits per heavy atom. The quantitative estimate of drug-likeness (QED) is 0.392. The van der Waals surface area contributed by atoms with Gasteiger partial charge >= 0.3 is 0 Å². The number of amides is 2. The van der Waals surface area contributed by atoms with Crippen molar-refractivity contribution in [2.24, 2.45) is 5.92 Å². The van der Waals surface area contributed by atoms with Gasteiger partial charge in [-0.2, -0.15) is 4.72 Å². The Hall–Kier alpha value is -3.76. The van der Waals surface area contributed by atoms with Gasteiger partial charge in [-0.3, -0.25) is 20.4 Å². The standard InChI is InChI=1S/C25H26FN3O5S/c1-17(2)23(29-35(32,33)22-11-7-6-10-21(22)26)25(31)28-27-24(30)19-14-12-18(13-15-19)16-34-20-8-4-3-5-9-20/h3-15,17,23,29H,16H2,1-2H3,(H,27,30)(H,28,31)/t23-/m0/s1. The largest absolute Gasteiger partial charge is 0.489 e. The zero-order valence-corrected chi connectivity index (χ0v) is 20.0. The summed E-state index contributed by atoms with van der Waals surface area (Å²) in [4.78, 5) is 24.5. The zero-order chi connectivity index (χ0) is 25.4. The van der Waals surface area contributed by atoms with E-state index in [9.17, 15) is 22.4 Å². The van der Waals surface area contributed by atoms with Crippen LogP contribution in [0.5, 0.6) is 5.75 Å². The molecule has 3 N–H and O–H groups in total. The van der Waals surface area contributed by atoms with Gasteiger partial charge in [0.15, 0.2) is 0 Å². The van der Waals surface area contributed by atoms with E-state index in [0.29, 0.717) is 6.61 Å². The molecule has 0 heterocycles. The number of hydrogen-bond acceptors (Lipinski definition) is 5. The Kier molecular flexibility index (Phi) is 8.56. The van der Waals surface area contributed by atoms with Gasteiger partial charge in [-0.15, -0.1) is 0 Å². The highest BCUT2D eigenvalue weighted by atomic mass is 32.2. The van der Waals surface area contributed by atoms with E-state index >= 15 is 0 Å². The minimum Gasteiger partial charge on any atom is -0.489 e. The van der Waals surface area contributed by atoms with Gasteiger partial charge in [0.25, 0.3) is 11.8 Å². The first-order valence-corrected chi connectivity index (χ1v) is 12.3. The molecular weight excluding hydrogens is 473 g/mol. The van der Waals surface area contributed by atoms with E-state index in [-0.39, 0.29) is 5.56 Å². The van der Waals surface area contributed by atoms with E-state index in [1.165, 1.54) is 12.1 Å². The summed E-state index contributed by atoms with van der Waals surface area (Å²) < 4.78 is 47.0. The Bertz CT molecular complexity index is 1270. The van der Waals surface area contributed by atoms with Crippen molar-refractivity contribution >= 4 is 21.8 Å². The third kappa shape index (κ3) is 7.11. The van der Waals surface area contributed by atoms with Crippen LogP contribution in [0.1, 0.15) is 29.8 Å². The van der Waals surface area contributed by atoms with Crippen molar-refractivity contribution in [1.29, 1.82) is 0 Å². The van der Waals surface area contributed by atoms with Crippen molar-refractivity contribution in [3.8, 4) is 5.75 Å². The predicted molar refractivity (Wildman–Crippen MR) is 128 cm³/mol. The lowest BCUT2D eigenvalue weighted by molar-refractivity contribution is -0.124. The predicted octanol–water partition coefficient (Wildman–Crippen LogP) is 3.17. The molecule has 0 aliphatic heterocycles. The fourth-order valence-electron chi connectivity index (χ4n) is 3.09. The molecule has 0 bridgehead atoms. The molecule has 0 fully saturated rings. The number of ether oxygens (including phenoxy) is 1. The molecule has 0 spiro atoms. The summed E-state index contributed by atoms with van der Waals surface area (Å²) in [7, 11) is -4.31. The molecule has 8 nitrogen and oxygen atoms in total. The lowest BCUT2D eigenvalue weighted by atomic mass is 10.1. The maximum atomic E-state index is 14.0. The van der Waals surface area contributed by atoms with E-state index < -0.39 is 44.5 Å². The molecule has 10 heteroatoms. The van der Waals surface area contributed by atoms with Crippen LogP contribution < -0.4 is 20.3 Å². The van der Waals surface area contributed by atoms with Gasteiger partial charge in [0.1, 0.15) is 29.1 Å². The van der Waals surface area contributed by atoms with Crippen molar-refractivity contribution < 1.29 is 27.1 Å². The maximum Gasteiger partial charge on any atom is 0.269 e. The first-order chi connectivity index (χ1) is 16.7. The summed E-state index contributed by atoms with van der Waals surface area (Å²) in [6.07, 6.45) is 0. The molecule has 2 amide bonds. The number of carbonyl (C=O) groups is 2. The summed E-state index contributed by atoms with van der Waals surface area (Å²) in [5.41, 5.74) is 5.62. The summed E-state index contributed by atoms with van der Waals surface area (Å²) in [6.45, 7) is 3.55. The first-order valence-electron chi connectivity index (χ1n) is 10.8. The monoisotopic (exact) mass is 499 g/mol. The van der Waals surface area contributed by atoms with E-state index in [4.69, 9.17) is 4.74 Å². The van der Waals surface area contributed by atoms with Crippen LogP contribution in [0.2, 0.25) is 0 Å². The number of rotatable bonds is 9. The second kappa shape index (κ2) is 11.6. The van der Waals surface area contributed by atoms with Crippen molar-refractivity contribution in [2.75, 3.05) is 0 Å². The van der Waals surface area contributed by atoms with E-state index in [2.05, 4.69) is 15.6 Å². The molecule has 0 saturated carbocycles. The molecule has 0 unspecified atom stereocenters. The number of halogens is 1. The van der Waals surface area contributed by atoms with Crippen LogP contribution in [0.15, 0.2) is 83.8 Å². The van der Waals surface area contributed by atoms with Gasteiger partial charge in [-0.1, -0.05) is 56.3 Å². The van der Waals surface area contributed by atoms with Crippen LogP contribution in [-0.4, -0.2) is 26.3 Å². The molecular formula is C25H26FN3O5S. The van der Waals surface area contributed by atoms with Gasteiger partial charge in [0.2, 0.25) is 10.0 Å². The highest BCUT2D eigenvalue weighted by molar-refractivity contribution is 7.89. The third-order valence-electron chi connectivity index (χ3n) is 5.02. The molecule has 0 aliphatic carbocycles. The molecule has 3 aromatic carbocycles. The summed E-state index contributed by atoms with van der Waals surface area (Å²) in [5, 5.41) is 0. The smallest absolute Gasteiger partial charge is 0.269 e. The average molecular weight is 500 g/mol. The molecule has 0 saturated heterocycles. The van der Waals surface area contributed by atoms with Crippen molar-refractivity contribution in [1.82, 2.24) is 15.6 Å². The van der Waals surface area contributed by atoms with Crippen LogP contribution in [0, 0.1) is 11.7 Å². The van der Waals surface area contributed by atoms with Crippen LogP contribution >= 0.6 is 0 Å². The van der Waals surface area contributed by atoms with Gasteiger partial charge < -0.3 is 4.74 Å². The third-order valence-corrected chi connectivity index (χ3v) is 6.50. The molecule has 3 rings (SSSR count). The Labute approximate surface area is 203 Å². The van der Waals surface area contributed by atoms with E-state index in [1.54, 1.807) is 38.1 Å². The van der Waals surface area contributed by atoms with Gasteiger partial charge in [0, 0.05) is 5.56 Å². The summed E-state index contributed by atoms with van der Waals surface area (Å²) in [6, 6.07) is 19.5.